The number of pyridine rings is 1. The van der Waals surface area contributed by atoms with E-state index >= 15 is 0 Å². The van der Waals surface area contributed by atoms with Crippen LogP contribution < -0.4 is 14.6 Å². The number of carbonyl (C=O) groups is 1. The van der Waals surface area contributed by atoms with Gasteiger partial charge in [0.15, 0.2) is 0 Å². The standard InChI is InChI=1S/C27H25BrN4O4S/c1-30(20-9-7-19(28)8-10-20)37(35,36)22-11-12-25-23(17-22)26(33)24(18-29-25)27(34)32-15-13-31(14-16-32)21-5-3-2-4-6-21/h2-12,17-18H,13-16H2,1H3,(H,29,33). The Labute approximate surface area is 223 Å². The number of H-pyrrole nitrogens is 1. The molecule has 0 aliphatic carbocycles. The van der Waals surface area contributed by atoms with E-state index < -0.39 is 15.5 Å². The number of anilines is 2. The Bertz CT molecular complexity index is 1610. The number of hydrogen-bond donors (Lipinski definition) is 1. The SMILES string of the molecule is CN(c1ccc(Br)cc1)S(=O)(=O)c1ccc2[nH]cc(C(=O)N3CCN(c4ccccc4)CC3)c(=O)c2c1. The molecule has 3 aromatic carbocycles. The predicted molar refractivity (Wildman–Crippen MR) is 149 cm³/mol. The Morgan fingerprint density at radius 3 is 2.30 bits per heavy atom. The van der Waals surface area contributed by atoms with E-state index in [2.05, 4.69) is 25.8 Å². The van der Waals surface area contributed by atoms with E-state index in [0.717, 1.165) is 14.5 Å². The molecule has 0 radical (unpaired) electrons. The van der Waals surface area contributed by atoms with Gasteiger partial charge in [-0.15, -0.1) is 0 Å². The molecule has 1 amide bonds. The summed E-state index contributed by atoms with van der Waals surface area (Å²) in [6.07, 6.45) is 1.42. The summed E-state index contributed by atoms with van der Waals surface area (Å²) in [4.78, 5) is 33.5. The van der Waals surface area contributed by atoms with Gasteiger partial charge in [0.25, 0.3) is 15.9 Å². The first kappa shape index (κ1) is 25.0. The quantitative estimate of drug-likeness (QED) is 0.384. The van der Waals surface area contributed by atoms with Crippen LogP contribution in [-0.2, 0) is 10.0 Å². The van der Waals surface area contributed by atoms with Gasteiger partial charge in [-0.05, 0) is 54.6 Å². The fourth-order valence-electron chi connectivity index (χ4n) is 4.44. The monoisotopic (exact) mass is 580 g/mol. The zero-order valence-corrected chi connectivity index (χ0v) is 22.5. The van der Waals surface area contributed by atoms with Gasteiger partial charge in [-0.25, -0.2) is 8.42 Å². The molecule has 4 aromatic rings. The minimum Gasteiger partial charge on any atom is -0.368 e. The number of aromatic nitrogens is 1. The number of sulfonamides is 1. The number of hydrogen-bond acceptors (Lipinski definition) is 5. The third-order valence-corrected chi connectivity index (χ3v) is 8.93. The topological polar surface area (TPSA) is 93.8 Å². The normalized spacial score (nSPS) is 14.1. The highest BCUT2D eigenvalue weighted by atomic mass is 79.9. The molecule has 0 bridgehead atoms. The first-order valence-corrected chi connectivity index (χ1v) is 14.0. The summed E-state index contributed by atoms with van der Waals surface area (Å²) in [5, 5.41) is 0.152. The van der Waals surface area contributed by atoms with Gasteiger partial charge in [0.05, 0.1) is 10.6 Å². The number of benzene rings is 3. The Morgan fingerprint density at radius 1 is 0.946 bits per heavy atom. The lowest BCUT2D eigenvalue weighted by Gasteiger charge is -2.36. The van der Waals surface area contributed by atoms with E-state index in [4.69, 9.17) is 0 Å². The maximum atomic E-state index is 13.4. The summed E-state index contributed by atoms with van der Waals surface area (Å²) in [5.74, 6) is -0.365. The number of nitrogens with one attached hydrogen (secondary N) is 1. The number of nitrogens with zero attached hydrogens (tertiary/aromatic N) is 3. The van der Waals surface area contributed by atoms with E-state index in [-0.39, 0.29) is 21.8 Å². The fourth-order valence-corrected chi connectivity index (χ4v) is 5.93. The van der Waals surface area contributed by atoms with Crippen molar-refractivity contribution in [2.24, 2.45) is 0 Å². The first-order chi connectivity index (χ1) is 17.8. The van der Waals surface area contributed by atoms with E-state index in [1.165, 1.54) is 25.4 Å². The van der Waals surface area contributed by atoms with Crippen LogP contribution in [0.3, 0.4) is 0 Å². The molecule has 1 saturated heterocycles. The van der Waals surface area contributed by atoms with E-state index in [0.29, 0.717) is 37.4 Å². The van der Waals surface area contributed by atoms with Crippen molar-refractivity contribution in [3.8, 4) is 0 Å². The van der Waals surface area contributed by atoms with Crippen LogP contribution in [0.1, 0.15) is 10.4 Å². The second-order valence-corrected chi connectivity index (χ2v) is 11.7. The van der Waals surface area contributed by atoms with Crippen molar-refractivity contribution in [1.29, 1.82) is 0 Å². The molecule has 0 spiro atoms. The molecule has 37 heavy (non-hydrogen) atoms. The van der Waals surface area contributed by atoms with Crippen molar-refractivity contribution in [2.75, 3.05) is 42.4 Å². The van der Waals surface area contributed by atoms with Crippen LogP contribution in [0.5, 0.6) is 0 Å². The largest absolute Gasteiger partial charge is 0.368 e. The van der Waals surface area contributed by atoms with Crippen molar-refractivity contribution in [3.05, 3.63) is 99.3 Å². The summed E-state index contributed by atoms with van der Waals surface area (Å²) in [6, 6.07) is 21.2. The summed E-state index contributed by atoms with van der Waals surface area (Å²) in [6.45, 7) is 2.28. The summed E-state index contributed by atoms with van der Waals surface area (Å²) >= 11 is 3.35. The van der Waals surface area contributed by atoms with E-state index in [1.807, 2.05) is 30.3 Å². The molecule has 1 aromatic heterocycles. The molecule has 1 fully saturated rings. The third kappa shape index (κ3) is 4.86. The van der Waals surface area contributed by atoms with Gasteiger partial charge in [-0.3, -0.25) is 13.9 Å². The number of halogens is 1. The average molecular weight is 581 g/mol. The molecule has 1 aliphatic rings. The summed E-state index contributed by atoms with van der Waals surface area (Å²) in [5.41, 5.74) is 1.54. The van der Waals surface area contributed by atoms with Crippen LogP contribution in [0.2, 0.25) is 0 Å². The second kappa shape index (κ2) is 10.0. The minimum absolute atomic E-state index is 0.00327. The summed E-state index contributed by atoms with van der Waals surface area (Å²) in [7, 11) is -2.47. The number of piperazine rings is 1. The molecule has 2 heterocycles. The van der Waals surface area contributed by atoms with Crippen molar-refractivity contribution < 1.29 is 13.2 Å². The number of amides is 1. The Balaban J connectivity index is 1.41. The van der Waals surface area contributed by atoms with Crippen molar-refractivity contribution in [2.45, 2.75) is 4.90 Å². The molecule has 8 nitrogen and oxygen atoms in total. The van der Waals surface area contributed by atoms with Gasteiger partial charge in [-0.1, -0.05) is 34.1 Å². The highest BCUT2D eigenvalue weighted by Gasteiger charge is 2.26. The number of aromatic amines is 1. The number of fused-ring (bicyclic) bond motifs is 1. The maximum Gasteiger partial charge on any atom is 0.264 e. The molecule has 0 saturated carbocycles. The predicted octanol–water partition coefficient (Wildman–Crippen LogP) is 4.08. The van der Waals surface area contributed by atoms with Crippen LogP contribution in [-0.4, -0.2) is 57.4 Å². The van der Waals surface area contributed by atoms with E-state index in [9.17, 15) is 18.0 Å². The molecule has 190 valence electrons. The molecule has 1 N–H and O–H groups in total. The highest BCUT2D eigenvalue weighted by molar-refractivity contribution is 9.10. The Kier molecular flexibility index (Phi) is 6.78. The molecule has 5 rings (SSSR count). The lowest BCUT2D eigenvalue weighted by Crippen LogP contribution is -2.49. The maximum absolute atomic E-state index is 13.4. The van der Waals surface area contributed by atoms with Crippen LogP contribution in [0.15, 0.2) is 93.2 Å². The van der Waals surface area contributed by atoms with Gasteiger partial charge in [0.1, 0.15) is 5.56 Å². The zero-order valence-electron chi connectivity index (χ0n) is 20.1. The van der Waals surface area contributed by atoms with Gasteiger partial charge in [-0.2, -0.15) is 0 Å². The van der Waals surface area contributed by atoms with Gasteiger partial charge < -0.3 is 14.8 Å². The van der Waals surface area contributed by atoms with Crippen molar-refractivity contribution in [1.82, 2.24) is 9.88 Å². The van der Waals surface area contributed by atoms with Crippen LogP contribution >= 0.6 is 15.9 Å². The third-order valence-electron chi connectivity index (χ3n) is 6.62. The van der Waals surface area contributed by atoms with Crippen LogP contribution in [0.25, 0.3) is 10.9 Å². The molecular formula is C27H25BrN4O4S. The van der Waals surface area contributed by atoms with Crippen molar-refractivity contribution >= 4 is 54.1 Å². The molecule has 1 aliphatic heterocycles. The van der Waals surface area contributed by atoms with Crippen LogP contribution in [0, 0.1) is 0 Å². The van der Waals surface area contributed by atoms with Gasteiger partial charge in [0.2, 0.25) is 5.43 Å². The molecule has 0 unspecified atom stereocenters. The van der Waals surface area contributed by atoms with Crippen molar-refractivity contribution in [3.63, 3.8) is 0 Å². The minimum atomic E-state index is -3.93. The smallest absolute Gasteiger partial charge is 0.264 e. The first-order valence-electron chi connectivity index (χ1n) is 11.7. The lowest BCUT2D eigenvalue weighted by atomic mass is 10.1. The number of carbonyl (C=O) groups excluding carboxylic acids is 1. The average Bonchev–Trinajstić information content (AvgIpc) is 2.93. The number of rotatable bonds is 5. The van der Waals surface area contributed by atoms with Crippen LogP contribution in [0.4, 0.5) is 11.4 Å². The Morgan fingerprint density at radius 2 is 1.62 bits per heavy atom. The molecular weight excluding hydrogens is 556 g/mol. The second-order valence-electron chi connectivity index (χ2n) is 8.80. The van der Waals surface area contributed by atoms with Gasteiger partial charge in [0, 0.05) is 60.5 Å². The lowest BCUT2D eigenvalue weighted by molar-refractivity contribution is 0.0745. The molecule has 10 heteroatoms. The number of para-hydroxylation sites is 1. The summed E-state index contributed by atoms with van der Waals surface area (Å²) < 4.78 is 28.6. The fraction of sp³-hybridized carbons (Fsp3) is 0.185. The highest BCUT2D eigenvalue weighted by Crippen LogP contribution is 2.25. The van der Waals surface area contributed by atoms with E-state index in [1.54, 1.807) is 35.2 Å². The zero-order chi connectivity index (χ0) is 26.2. The molecule has 0 atom stereocenters. The van der Waals surface area contributed by atoms with Gasteiger partial charge >= 0.3 is 0 Å². The Hall–Kier alpha value is -3.63.